The lowest BCUT2D eigenvalue weighted by Crippen LogP contribution is -2.45. The van der Waals surface area contributed by atoms with Gasteiger partial charge in [-0.1, -0.05) is 12.1 Å². The summed E-state index contributed by atoms with van der Waals surface area (Å²) in [6.07, 6.45) is 2.66. The minimum atomic E-state index is -0.594. The highest BCUT2D eigenvalue weighted by atomic mass is 19.1. The summed E-state index contributed by atoms with van der Waals surface area (Å²) in [6.45, 7) is 3.92. The van der Waals surface area contributed by atoms with Crippen LogP contribution in [0, 0.1) is 5.82 Å². The quantitative estimate of drug-likeness (QED) is 0.724. The first kappa shape index (κ1) is 18.5. The van der Waals surface area contributed by atoms with Gasteiger partial charge in [-0.3, -0.25) is 9.59 Å². The van der Waals surface area contributed by atoms with Gasteiger partial charge in [-0.25, -0.2) is 14.4 Å². The molecule has 1 aromatic heterocycles. The predicted molar refractivity (Wildman–Crippen MR) is 90.2 cm³/mol. The van der Waals surface area contributed by atoms with Crippen LogP contribution in [0.5, 0.6) is 0 Å². The fourth-order valence-corrected chi connectivity index (χ4v) is 1.93. The number of nitrogens with zero attached hydrogens (tertiary/aromatic N) is 2. The highest BCUT2D eigenvalue weighted by molar-refractivity contribution is 6.04. The average molecular weight is 345 g/mol. The molecule has 2 amide bonds. The summed E-state index contributed by atoms with van der Waals surface area (Å²) in [5.74, 6) is -1.43. The Bertz CT molecular complexity index is 756. The zero-order chi connectivity index (χ0) is 18.4. The van der Waals surface area contributed by atoms with Crippen molar-refractivity contribution in [1.82, 2.24) is 20.6 Å². The van der Waals surface area contributed by atoms with Crippen molar-refractivity contribution in [2.45, 2.75) is 25.9 Å². The van der Waals surface area contributed by atoms with Crippen LogP contribution >= 0.6 is 0 Å². The molecule has 0 fully saturated rings. The summed E-state index contributed by atoms with van der Waals surface area (Å²) >= 11 is 0. The summed E-state index contributed by atoms with van der Waals surface area (Å²) in [6, 6.07) is 5.72. The molecule has 7 nitrogen and oxygen atoms in total. The van der Waals surface area contributed by atoms with Crippen LogP contribution in [0.25, 0.3) is 0 Å². The molecule has 0 aliphatic rings. The maximum Gasteiger partial charge on any atom is 0.272 e. The number of nitrogens with one attached hydrogen (secondary N) is 2. The molecular weight excluding hydrogens is 325 g/mol. The van der Waals surface area contributed by atoms with E-state index >= 15 is 0 Å². The van der Waals surface area contributed by atoms with Crippen molar-refractivity contribution >= 4 is 11.8 Å². The van der Waals surface area contributed by atoms with E-state index in [1.807, 2.05) is 0 Å². The van der Waals surface area contributed by atoms with E-state index in [0.29, 0.717) is 0 Å². The van der Waals surface area contributed by atoms with Crippen molar-refractivity contribution in [3.8, 4) is 0 Å². The molecule has 2 rings (SSSR count). The Morgan fingerprint density at radius 3 is 2.08 bits per heavy atom. The first-order valence-electron chi connectivity index (χ1n) is 7.67. The molecule has 25 heavy (non-hydrogen) atoms. The molecule has 0 bridgehead atoms. The largest absolute Gasteiger partial charge is 0.349 e. The van der Waals surface area contributed by atoms with E-state index in [1.165, 1.54) is 24.5 Å². The number of carbonyl (C=O) groups excluding carboxylic acids is 2. The van der Waals surface area contributed by atoms with Gasteiger partial charge < -0.3 is 16.4 Å². The zero-order valence-corrected chi connectivity index (χ0v) is 14.0. The third-order valence-electron chi connectivity index (χ3n) is 3.20. The third kappa shape index (κ3) is 5.61. The molecule has 0 radical (unpaired) electrons. The first-order chi connectivity index (χ1) is 11.8. The van der Waals surface area contributed by atoms with E-state index in [9.17, 15) is 14.0 Å². The van der Waals surface area contributed by atoms with Crippen molar-refractivity contribution in [2.75, 3.05) is 6.54 Å². The number of nitrogens with two attached hydrogens (primary N) is 1. The maximum atomic E-state index is 12.9. The Kier molecular flexibility index (Phi) is 5.76. The Labute approximate surface area is 144 Å². The molecule has 4 N–H and O–H groups in total. The van der Waals surface area contributed by atoms with Crippen molar-refractivity contribution in [3.05, 3.63) is 59.4 Å². The second-order valence-corrected chi connectivity index (χ2v) is 6.23. The second kappa shape index (κ2) is 7.80. The Morgan fingerprint density at radius 1 is 1.04 bits per heavy atom. The molecule has 2 aromatic rings. The van der Waals surface area contributed by atoms with E-state index in [0.717, 1.165) is 5.56 Å². The molecule has 1 heterocycles. The molecule has 0 aliphatic carbocycles. The molecule has 0 unspecified atom stereocenters. The van der Waals surface area contributed by atoms with Gasteiger partial charge in [0, 0.05) is 31.0 Å². The van der Waals surface area contributed by atoms with Crippen LogP contribution in [0.3, 0.4) is 0 Å². The predicted octanol–water partition coefficient (Wildman–Crippen LogP) is 1.01. The smallest absolute Gasteiger partial charge is 0.272 e. The van der Waals surface area contributed by atoms with E-state index in [1.54, 1.807) is 26.0 Å². The number of hydrogen-bond donors (Lipinski definition) is 3. The first-order valence-corrected chi connectivity index (χ1v) is 7.67. The number of halogens is 1. The topological polar surface area (TPSA) is 110 Å². The second-order valence-electron chi connectivity index (χ2n) is 6.23. The SMILES string of the molecule is CC(C)(N)CNC(=O)c1nccnc1C(=O)NCc1ccc(F)cc1. The molecular formula is C17H20FN5O2. The van der Waals surface area contributed by atoms with Crippen LogP contribution in [0.4, 0.5) is 4.39 Å². The van der Waals surface area contributed by atoms with E-state index in [-0.39, 0.29) is 30.3 Å². The van der Waals surface area contributed by atoms with Crippen LogP contribution in [0.1, 0.15) is 40.4 Å². The fourth-order valence-electron chi connectivity index (χ4n) is 1.93. The maximum absolute atomic E-state index is 12.9. The van der Waals surface area contributed by atoms with E-state index in [4.69, 9.17) is 5.73 Å². The number of aromatic nitrogens is 2. The summed E-state index contributed by atoms with van der Waals surface area (Å²) in [5.41, 5.74) is 5.78. The van der Waals surface area contributed by atoms with Gasteiger partial charge in [-0.05, 0) is 31.5 Å². The lowest BCUT2D eigenvalue weighted by Gasteiger charge is -2.19. The highest BCUT2D eigenvalue weighted by Gasteiger charge is 2.21. The van der Waals surface area contributed by atoms with Crippen LogP contribution in [0.15, 0.2) is 36.7 Å². The van der Waals surface area contributed by atoms with Gasteiger partial charge in [0.1, 0.15) is 5.82 Å². The van der Waals surface area contributed by atoms with Crippen molar-refractivity contribution in [1.29, 1.82) is 0 Å². The molecule has 1 aromatic carbocycles. The van der Waals surface area contributed by atoms with Gasteiger partial charge in [0.15, 0.2) is 11.4 Å². The molecule has 0 saturated carbocycles. The zero-order valence-electron chi connectivity index (χ0n) is 14.0. The number of carbonyl (C=O) groups is 2. The minimum absolute atomic E-state index is 0.0802. The Morgan fingerprint density at radius 2 is 1.56 bits per heavy atom. The number of benzene rings is 1. The fraction of sp³-hybridized carbons (Fsp3) is 0.294. The van der Waals surface area contributed by atoms with Crippen LogP contribution < -0.4 is 16.4 Å². The number of amides is 2. The van der Waals surface area contributed by atoms with Gasteiger partial charge in [0.2, 0.25) is 0 Å². The van der Waals surface area contributed by atoms with Crippen LogP contribution in [0.2, 0.25) is 0 Å². The highest BCUT2D eigenvalue weighted by Crippen LogP contribution is 2.05. The number of hydrogen-bond acceptors (Lipinski definition) is 5. The van der Waals surface area contributed by atoms with Crippen molar-refractivity contribution in [3.63, 3.8) is 0 Å². The van der Waals surface area contributed by atoms with Gasteiger partial charge >= 0.3 is 0 Å². The van der Waals surface area contributed by atoms with Crippen molar-refractivity contribution < 1.29 is 14.0 Å². The summed E-state index contributed by atoms with van der Waals surface area (Å²) < 4.78 is 12.9. The average Bonchev–Trinajstić information content (AvgIpc) is 2.58. The monoisotopic (exact) mass is 345 g/mol. The van der Waals surface area contributed by atoms with Gasteiger partial charge in [-0.15, -0.1) is 0 Å². The lowest BCUT2D eigenvalue weighted by molar-refractivity contribution is 0.0906. The number of rotatable bonds is 6. The van der Waals surface area contributed by atoms with Crippen LogP contribution in [-0.4, -0.2) is 33.9 Å². The molecule has 0 saturated heterocycles. The Hall–Kier alpha value is -2.87. The van der Waals surface area contributed by atoms with Crippen molar-refractivity contribution in [2.24, 2.45) is 5.73 Å². The summed E-state index contributed by atoms with van der Waals surface area (Å²) in [5, 5.41) is 5.26. The summed E-state index contributed by atoms with van der Waals surface area (Å²) in [4.78, 5) is 32.4. The van der Waals surface area contributed by atoms with Crippen LogP contribution in [-0.2, 0) is 6.54 Å². The molecule has 0 atom stereocenters. The van der Waals surface area contributed by atoms with Gasteiger partial charge in [0.05, 0.1) is 0 Å². The molecule has 0 aliphatic heterocycles. The normalized spacial score (nSPS) is 11.0. The molecule has 0 spiro atoms. The van der Waals surface area contributed by atoms with Gasteiger partial charge in [0.25, 0.3) is 11.8 Å². The van der Waals surface area contributed by atoms with E-state index < -0.39 is 17.4 Å². The third-order valence-corrected chi connectivity index (χ3v) is 3.20. The minimum Gasteiger partial charge on any atom is -0.349 e. The van der Waals surface area contributed by atoms with Gasteiger partial charge in [-0.2, -0.15) is 0 Å². The lowest BCUT2D eigenvalue weighted by atomic mass is 10.1. The molecule has 132 valence electrons. The Balaban J connectivity index is 2.06. The standard InChI is InChI=1S/C17H20FN5O2/c1-17(2,19)10-23-16(25)14-13(20-7-8-21-14)15(24)22-9-11-3-5-12(18)6-4-11/h3-8H,9-10,19H2,1-2H3,(H,22,24)(H,23,25). The van der Waals surface area contributed by atoms with E-state index in [2.05, 4.69) is 20.6 Å². The molecule has 8 heteroatoms. The summed E-state index contributed by atoms with van der Waals surface area (Å²) in [7, 11) is 0.